The molecule has 98 valence electrons. The van der Waals surface area contributed by atoms with E-state index >= 15 is 0 Å². The molecule has 0 amide bonds. The van der Waals surface area contributed by atoms with Crippen molar-refractivity contribution in [3.8, 4) is 0 Å². The van der Waals surface area contributed by atoms with Crippen molar-refractivity contribution in [1.29, 1.82) is 0 Å². The zero-order chi connectivity index (χ0) is 12.8. The molecule has 16 heavy (non-hydrogen) atoms. The van der Waals surface area contributed by atoms with Gasteiger partial charge < -0.3 is 10.1 Å². The molecule has 0 aliphatic carbocycles. The van der Waals surface area contributed by atoms with Crippen LogP contribution in [0.5, 0.6) is 0 Å². The lowest BCUT2D eigenvalue weighted by Crippen LogP contribution is -2.48. The van der Waals surface area contributed by atoms with Gasteiger partial charge >= 0.3 is 0 Å². The van der Waals surface area contributed by atoms with Crippen LogP contribution < -0.4 is 5.32 Å². The average molecular weight is 230 g/mol. The van der Waals surface area contributed by atoms with Gasteiger partial charge in [0.25, 0.3) is 0 Å². The number of hydrogen-bond donors (Lipinski definition) is 1. The van der Waals surface area contributed by atoms with Crippen LogP contribution in [0.2, 0.25) is 0 Å². The third kappa shape index (κ3) is 5.28. The minimum atomic E-state index is 0.271. The Hall–Kier alpha value is -0.120. The van der Waals surface area contributed by atoms with Crippen molar-refractivity contribution in [1.82, 2.24) is 10.2 Å². The summed E-state index contributed by atoms with van der Waals surface area (Å²) in [5, 5.41) is 3.35. The van der Waals surface area contributed by atoms with E-state index in [1.54, 1.807) is 7.11 Å². The second-order valence-corrected chi connectivity index (χ2v) is 5.56. The van der Waals surface area contributed by atoms with E-state index in [1.165, 1.54) is 0 Å². The van der Waals surface area contributed by atoms with Gasteiger partial charge in [-0.15, -0.1) is 0 Å². The molecule has 0 aromatic rings. The van der Waals surface area contributed by atoms with Crippen LogP contribution in [0.1, 0.15) is 34.6 Å². The molecule has 0 aliphatic rings. The van der Waals surface area contributed by atoms with E-state index in [4.69, 9.17) is 4.74 Å². The largest absolute Gasteiger partial charge is 0.383 e. The molecule has 0 saturated heterocycles. The van der Waals surface area contributed by atoms with Crippen LogP contribution in [-0.4, -0.2) is 50.8 Å². The maximum absolute atomic E-state index is 5.17. The number of hydrogen-bond acceptors (Lipinski definition) is 3. The second kappa shape index (κ2) is 7.25. The average Bonchev–Trinajstić information content (AvgIpc) is 2.22. The van der Waals surface area contributed by atoms with E-state index in [-0.39, 0.29) is 5.41 Å². The van der Waals surface area contributed by atoms with Crippen molar-refractivity contribution in [2.45, 2.75) is 46.7 Å². The first-order valence-corrected chi connectivity index (χ1v) is 6.25. The van der Waals surface area contributed by atoms with Crippen molar-refractivity contribution < 1.29 is 4.74 Å². The molecule has 0 spiro atoms. The molecule has 0 aromatic carbocycles. The summed E-state index contributed by atoms with van der Waals surface area (Å²) in [6.07, 6.45) is 0. The maximum atomic E-state index is 5.17. The van der Waals surface area contributed by atoms with Crippen molar-refractivity contribution in [3.63, 3.8) is 0 Å². The summed E-state index contributed by atoms with van der Waals surface area (Å²) in [5.74, 6) is 0. The Labute approximate surface area is 102 Å². The van der Waals surface area contributed by atoms with Gasteiger partial charge in [-0.1, -0.05) is 13.8 Å². The lowest BCUT2D eigenvalue weighted by molar-refractivity contribution is 0.0841. The summed E-state index contributed by atoms with van der Waals surface area (Å²) in [6.45, 7) is 14.3. The number of ether oxygens (including phenoxy) is 1. The monoisotopic (exact) mass is 230 g/mol. The predicted molar refractivity (Wildman–Crippen MR) is 70.9 cm³/mol. The van der Waals surface area contributed by atoms with Crippen LogP contribution >= 0.6 is 0 Å². The fraction of sp³-hybridized carbons (Fsp3) is 1.00. The molecular formula is C13H30N2O. The van der Waals surface area contributed by atoms with Gasteiger partial charge in [0.15, 0.2) is 0 Å². The van der Waals surface area contributed by atoms with Gasteiger partial charge in [0.2, 0.25) is 0 Å². The Bertz CT molecular complexity index is 181. The second-order valence-electron chi connectivity index (χ2n) is 5.56. The van der Waals surface area contributed by atoms with E-state index < -0.39 is 0 Å². The van der Waals surface area contributed by atoms with Gasteiger partial charge in [0.05, 0.1) is 6.61 Å². The van der Waals surface area contributed by atoms with Crippen LogP contribution in [0.3, 0.4) is 0 Å². The zero-order valence-electron chi connectivity index (χ0n) is 12.1. The van der Waals surface area contributed by atoms with Gasteiger partial charge in [0.1, 0.15) is 0 Å². The van der Waals surface area contributed by atoms with E-state index in [0.29, 0.717) is 12.1 Å². The number of methoxy groups -OCH3 is 1. The van der Waals surface area contributed by atoms with Crippen LogP contribution in [0, 0.1) is 5.41 Å². The summed E-state index contributed by atoms with van der Waals surface area (Å²) in [4.78, 5) is 2.48. The van der Waals surface area contributed by atoms with Crippen LogP contribution in [0.25, 0.3) is 0 Å². The van der Waals surface area contributed by atoms with Gasteiger partial charge in [0, 0.05) is 32.3 Å². The SMILES string of the molecule is CNC(C)C(C)(C)CN(CCOC)C(C)C. The Morgan fingerprint density at radius 1 is 1.25 bits per heavy atom. The Morgan fingerprint density at radius 3 is 2.19 bits per heavy atom. The quantitative estimate of drug-likeness (QED) is 0.690. The van der Waals surface area contributed by atoms with E-state index in [1.807, 2.05) is 7.05 Å². The molecule has 0 aliphatic heterocycles. The molecule has 0 fully saturated rings. The van der Waals surface area contributed by atoms with E-state index in [9.17, 15) is 0 Å². The molecule has 1 unspecified atom stereocenters. The maximum Gasteiger partial charge on any atom is 0.0589 e. The molecule has 1 N–H and O–H groups in total. The van der Waals surface area contributed by atoms with Crippen LogP contribution in [-0.2, 0) is 4.74 Å². The highest BCUT2D eigenvalue weighted by Gasteiger charge is 2.28. The smallest absolute Gasteiger partial charge is 0.0589 e. The van der Waals surface area contributed by atoms with Gasteiger partial charge in [-0.05, 0) is 33.2 Å². The highest BCUT2D eigenvalue weighted by Crippen LogP contribution is 2.22. The molecule has 1 atom stereocenters. The molecule has 0 heterocycles. The number of rotatable bonds is 8. The summed E-state index contributed by atoms with van der Waals surface area (Å²) in [7, 11) is 3.79. The third-order valence-corrected chi connectivity index (χ3v) is 3.53. The standard InChI is InChI=1S/C13H30N2O/c1-11(2)15(8-9-16-7)10-13(4,5)12(3)14-6/h11-12,14H,8-10H2,1-7H3. The fourth-order valence-electron chi connectivity index (χ4n) is 1.78. The van der Waals surface area contributed by atoms with Crippen molar-refractivity contribution >= 4 is 0 Å². The number of nitrogens with zero attached hydrogens (tertiary/aromatic N) is 1. The highest BCUT2D eigenvalue weighted by molar-refractivity contribution is 4.84. The first-order chi connectivity index (χ1) is 7.35. The lowest BCUT2D eigenvalue weighted by atomic mass is 9.84. The van der Waals surface area contributed by atoms with Crippen LogP contribution in [0.4, 0.5) is 0 Å². The first-order valence-electron chi connectivity index (χ1n) is 6.25. The molecule has 0 aromatic heterocycles. The molecule has 0 rings (SSSR count). The Morgan fingerprint density at radius 2 is 1.81 bits per heavy atom. The summed E-state index contributed by atoms with van der Waals surface area (Å²) >= 11 is 0. The van der Waals surface area contributed by atoms with Crippen molar-refractivity contribution in [2.75, 3.05) is 33.9 Å². The molecule has 3 heteroatoms. The van der Waals surface area contributed by atoms with Gasteiger partial charge in [-0.25, -0.2) is 0 Å². The summed E-state index contributed by atoms with van der Waals surface area (Å²) in [5.41, 5.74) is 0.271. The van der Waals surface area contributed by atoms with Crippen molar-refractivity contribution in [2.24, 2.45) is 5.41 Å². The Kier molecular flexibility index (Phi) is 7.20. The zero-order valence-corrected chi connectivity index (χ0v) is 12.1. The third-order valence-electron chi connectivity index (χ3n) is 3.53. The molecule has 0 saturated carbocycles. The van der Waals surface area contributed by atoms with Crippen LogP contribution in [0.15, 0.2) is 0 Å². The summed E-state index contributed by atoms with van der Waals surface area (Å²) in [6, 6.07) is 1.08. The lowest BCUT2D eigenvalue weighted by Gasteiger charge is -2.38. The highest BCUT2D eigenvalue weighted by atomic mass is 16.5. The predicted octanol–water partition coefficient (Wildman–Crippen LogP) is 1.98. The first kappa shape index (κ1) is 15.9. The molecule has 0 bridgehead atoms. The molecule has 3 nitrogen and oxygen atoms in total. The van der Waals surface area contributed by atoms with Gasteiger partial charge in [-0.2, -0.15) is 0 Å². The van der Waals surface area contributed by atoms with Crippen molar-refractivity contribution in [3.05, 3.63) is 0 Å². The van der Waals surface area contributed by atoms with Gasteiger partial charge in [-0.3, -0.25) is 4.90 Å². The fourth-order valence-corrected chi connectivity index (χ4v) is 1.78. The van der Waals surface area contributed by atoms with E-state index in [2.05, 4.69) is 44.8 Å². The topological polar surface area (TPSA) is 24.5 Å². The van der Waals surface area contributed by atoms with E-state index in [0.717, 1.165) is 19.7 Å². The molecule has 0 radical (unpaired) electrons. The summed E-state index contributed by atoms with van der Waals surface area (Å²) < 4.78 is 5.17. The minimum Gasteiger partial charge on any atom is -0.383 e. The normalized spacial score (nSPS) is 14.8. The minimum absolute atomic E-state index is 0.271. The Balaban J connectivity index is 4.36. The number of nitrogens with one attached hydrogen (secondary N) is 1. The molecular weight excluding hydrogens is 200 g/mol.